The van der Waals surface area contributed by atoms with Gasteiger partial charge in [0.15, 0.2) is 0 Å². The van der Waals surface area contributed by atoms with Crippen LogP contribution in [0.3, 0.4) is 0 Å². The van der Waals surface area contributed by atoms with E-state index in [1.807, 2.05) is 0 Å². The van der Waals surface area contributed by atoms with E-state index in [9.17, 15) is 9.59 Å². The van der Waals surface area contributed by atoms with Crippen molar-refractivity contribution in [2.75, 3.05) is 13.2 Å². The number of carbonyl (C=O) groups is 2. The first-order chi connectivity index (χ1) is 10.5. The van der Waals surface area contributed by atoms with Crippen molar-refractivity contribution in [1.29, 1.82) is 0 Å². The van der Waals surface area contributed by atoms with Crippen molar-refractivity contribution in [2.24, 2.45) is 11.8 Å². The molecule has 22 heavy (non-hydrogen) atoms. The van der Waals surface area contributed by atoms with Crippen molar-refractivity contribution in [2.45, 2.75) is 57.2 Å². The highest BCUT2D eigenvalue weighted by atomic mass is 16.6. The SMILES string of the molecule is O=C(O)CCCC(CC1CCC2OC2C1)C(=O)O.OCCO. The van der Waals surface area contributed by atoms with Gasteiger partial charge in [0.05, 0.1) is 31.3 Å². The topological polar surface area (TPSA) is 128 Å². The summed E-state index contributed by atoms with van der Waals surface area (Å²) < 4.78 is 5.44. The Morgan fingerprint density at radius 2 is 1.77 bits per heavy atom. The maximum Gasteiger partial charge on any atom is 0.306 e. The van der Waals surface area contributed by atoms with Gasteiger partial charge in [0.25, 0.3) is 0 Å². The molecule has 1 heterocycles. The van der Waals surface area contributed by atoms with Crippen LogP contribution in [0.5, 0.6) is 0 Å². The van der Waals surface area contributed by atoms with Gasteiger partial charge in [-0.05, 0) is 44.4 Å². The molecule has 7 heteroatoms. The Bertz CT molecular complexity index is 356. The number of rotatable bonds is 8. The van der Waals surface area contributed by atoms with E-state index >= 15 is 0 Å². The standard InChI is InChI=1S/C13H20O5.C2H6O2/c14-12(15)3-1-2-9(13(16)17)6-8-4-5-10-11(7-8)18-10;3-1-2-4/h8-11H,1-7H2,(H,14,15)(H,16,17);3-4H,1-2H2. The Balaban J connectivity index is 0.000000541. The van der Waals surface area contributed by atoms with Gasteiger partial charge in [-0.2, -0.15) is 0 Å². The molecule has 4 N–H and O–H groups in total. The highest BCUT2D eigenvalue weighted by molar-refractivity contribution is 5.70. The molecule has 0 bridgehead atoms. The van der Waals surface area contributed by atoms with Crippen molar-refractivity contribution >= 4 is 11.9 Å². The van der Waals surface area contributed by atoms with E-state index in [0.717, 1.165) is 19.3 Å². The normalized spacial score (nSPS) is 27.1. The van der Waals surface area contributed by atoms with E-state index < -0.39 is 17.9 Å². The lowest BCUT2D eigenvalue weighted by Crippen LogP contribution is -2.22. The third-order valence-corrected chi connectivity index (χ3v) is 4.12. The summed E-state index contributed by atoms with van der Waals surface area (Å²) in [5.41, 5.74) is 0. The molecule has 128 valence electrons. The molecule has 4 atom stereocenters. The van der Waals surface area contributed by atoms with Crippen LogP contribution in [0.4, 0.5) is 0 Å². The monoisotopic (exact) mass is 318 g/mol. The zero-order valence-corrected chi connectivity index (χ0v) is 12.7. The van der Waals surface area contributed by atoms with Gasteiger partial charge in [-0.1, -0.05) is 0 Å². The smallest absolute Gasteiger partial charge is 0.306 e. The minimum Gasteiger partial charge on any atom is -0.481 e. The minimum atomic E-state index is -0.856. The first-order valence-electron chi connectivity index (χ1n) is 7.79. The molecule has 0 amide bonds. The largest absolute Gasteiger partial charge is 0.481 e. The molecule has 1 saturated heterocycles. The average molecular weight is 318 g/mol. The second-order valence-corrected chi connectivity index (χ2v) is 5.90. The van der Waals surface area contributed by atoms with Gasteiger partial charge < -0.3 is 25.2 Å². The van der Waals surface area contributed by atoms with Gasteiger partial charge in [0, 0.05) is 6.42 Å². The van der Waals surface area contributed by atoms with E-state index in [-0.39, 0.29) is 19.6 Å². The third kappa shape index (κ3) is 7.20. The molecule has 1 aliphatic carbocycles. The lowest BCUT2D eigenvalue weighted by atomic mass is 9.81. The summed E-state index contributed by atoms with van der Waals surface area (Å²) in [5, 5.41) is 33.0. The number of aliphatic hydroxyl groups excluding tert-OH is 2. The molecule has 0 aromatic carbocycles. The van der Waals surface area contributed by atoms with E-state index in [1.165, 1.54) is 0 Å². The molecule has 2 fully saturated rings. The Morgan fingerprint density at radius 1 is 1.09 bits per heavy atom. The molecule has 0 spiro atoms. The van der Waals surface area contributed by atoms with Crippen LogP contribution in [0.1, 0.15) is 44.9 Å². The number of carboxylic acids is 2. The van der Waals surface area contributed by atoms with Crippen LogP contribution in [0.2, 0.25) is 0 Å². The van der Waals surface area contributed by atoms with E-state index in [1.54, 1.807) is 0 Å². The molecule has 0 aromatic heterocycles. The zero-order chi connectivity index (χ0) is 16.5. The summed E-state index contributed by atoms with van der Waals surface area (Å²) in [6.07, 6.45) is 5.53. The van der Waals surface area contributed by atoms with Gasteiger partial charge in [-0.25, -0.2) is 0 Å². The average Bonchev–Trinajstić information content (AvgIpc) is 3.24. The number of hydrogen-bond donors (Lipinski definition) is 4. The summed E-state index contributed by atoms with van der Waals surface area (Å²) in [6, 6.07) is 0. The van der Waals surface area contributed by atoms with Crippen LogP contribution < -0.4 is 0 Å². The molecule has 0 aromatic rings. The maximum atomic E-state index is 11.2. The highest BCUT2D eigenvalue weighted by Crippen LogP contribution is 2.42. The fraction of sp³-hybridized carbons (Fsp3) is 0.867. The van der Waals surface area contributed by atoms with E-state index in [2.05, 4.69) is 0 Å². The van der Waals surface area contributed by atoms with Crippen molar-refractivity contribution in [3.63, 3.8) is 0 Å². The van der Waals surface area contributed by atoms with Crippen molar-refractivity contribution in [3.8, 4) is 0 Å². The number of ether oxygens (including phenoxy) is 1. The molecule has 1 aliphatic heterocycles. The van der Waals surface area contributed by atoms with Crippen LogP contribution in [0.25, 0.3) is 0 Å². The second kappa shape index (κ2) is 9.76. The third-order valence-electron chi connectivity index (χ3n) is 4.12. The fourth-order valence-corrected chi connectivity index (χ4v) is 2.95. The molecule has 1 saturated carbocycles. The summed E-state index contributed by atoms with van der Waals surface area (Å²) in [5.74, 6) is -1.62. The van der Waals surface area contributed by atoms with Gasteiger partial charge in [0.1, 0.15) is 0 Å². The first kappa shape index (κ1) is 18.9. The molecule has 2 aliphatic rings. The predicted molar refractivity (Wildman–Crippen MR) is 77.4 cm³/mol. The number of carboxylic acid groups (broad SMARTS) is 2. The van der Waals surface area contributed by atoms with Crippen LogP contribution in [0.15, 0.2) is 0 Å². The minimum absolute atomic E-state index is 0.0578. The van der Waals surface area contributed by atoms with Gasteiger partial charge in [0.2, 0.25) is 0 Å². The molecule has 7 nitrogen and oxygen atoms in total. The number of fused-ring (bicyclic) bond motifs is 1. The second-order valence-electron chi connectivity index (χ2n) is 5.90. The summed E-state index contributed by atoms with van der Waals surface area (Å²) in [7, 11) is 0. The van der Waals surface area contributed by atoms with Crippen molar-refractivity contribution in [1.82, 2.24) is 0 Å². The van der Waals surface area contributed by atoms with Crippen LogP contribution >= 0.6 is 0 Å². The Kier molecular flexibility index (Phi) is 8.37. The lowest BCUT2D eigenvalue weighted by Gasteiger charge is -2.22. The number of hydrogen-bond acceptors (Lipinski definition) is 5. The molecular formula is C15H26O7. The molecule has 4 unspecified atom stereocenters. The summed E-state index contributed by atoms with van der Waals surface area (Å²) in [6.45, 7) is -0.250. The van der Waals surface area contributed by atoms with Gasteiger partial charge >= 0.3 is 11.9 Å². The predicted octanol–water partition coefficient (Wildman–Crippen LogP) is 0.871. The van der Waals surface area contributed by atoms with Gasteiger partial charge in [-0.15, -0.1) is 0 Å². The number of aliphatic carboxylic acids is 2. The number of aliphatic hydroxyl groups is 2. The quantitative estimate of drug-likeness (QED) is 0.489. The molecular weight excluding hydrogens is 292 g/mol. The van der Waals surface area contributed by atoms with Crippen molar-refractivity contribution in [3.05, 3.63) is 0 Å². The maximum absolute atomic E-state index is 11.2. The Morgan fingerprint density at radius 3 is 2.27 bits per heavy atom. The fourth-order valence-electron chi connectivity index (χ4n) is 2.95. The van der Waals surface area contributed by atoms with E-state index in [4.69, 9.17) is 25.2 Å². The first-order valence-corrected chi connectivity index (χ1v) is 7.79. The van der Waals surface area contributed by atoms with E-state index in [0.29, 0.717) is 37.4 Å². The van der Waals surface area contributed by atoms with Crippen LogP contribution in [-0.4, -0.2) is 57.8 Å². The summed E-state index contributed by atoms with van der Waals surface area (Å²) >= 11 is 0. The molecule has 2 rings (SSSR count). The van der Waals surface area contributed by atoms with Crippen LogP contribution in [-0.2, 0) is 14.3 Å². The molecule has 0 radical (unpaired) electrons. The lowest BCUT2D eigenvalue weighted by molar-refractivity contribution is -0.143. The van der Waals surface area contributed by atoms with Gasteiger partial charge in [-0.3, -0.25) is 9.59 Å². The Labute approximate surface area is 129 Å². The van der Waals surface area contributed by atoms with Crippen molar-refractivity contribution < 1.29 is 34.8 Å². The summed E-state index contributed by atoms with van der Waals surface area (Å²) in [4.78, 5) is 21.6. The highest BCUT2D eigenvalue weighted by Gasteiger charge is 2.44. The van der Waals surface area contributed by atoms with Crippen LogP contribution in [0, 0.1) is 11.8 Å². The number of epoxide rings is 1. The Hall–Kier alpha value is -1.18. The zero-order valence-electron chi connectivity index (χ0n) is 12.7.